The highest BCUT2D eigenvalue weighted by Gasteiger charge is 2.25. The molecule has 16 heavy (non-hydrogen) atoms. The molecule has 1 N–H and O–H groups in total. The minimum Gasteiger partial charge on any atom is -0.390 e. The van der Waals surface area contributed by atoms with E-state index in [0.29, 0.717) is 29.6 Å². The van der Waals surface area contributed by atoms with Crippen molar-refractivity contribution in [3.63, 3.8) is 0 Å². The topological polar surface area (TPSA) is 54.4 Å². The first kappa shape index (κ1) is 12.8. The fraction of sp³-hybridized carbons (Fsp3) is 0.538. The molecule has 0 aromatic carbocycles. The summed E-state index contributed by atoms with van der Waals surface area (Å²) in [6.07, 6.45) is 2.31. The number of hydrogen-bond acceptors (Lipinski definition) is 3. The van der Waals surface area contributed by atoms with Crippen molar-refractivity contribution in [2.75, 3.05) is 0 Å². The lowest BCUT2D eigenvalue weighted by atomic mass is 9.86. The lowest BCUT2D eigenvalue weighted by molar-refractivity contribution is -0.116. The zero-order valence-corrected chi connectivity index (χ0v) is 10.3. The van der Waals surface area contributed by atoms with Gasteiger partial charge in [-0.1, -0.05) is 0 Å². The Hall–Kier alpha value is -1.22. The number of allylic oxidation sites excluding steroid dienone is 4. The fourth-order valence-electron chi connectivity index (χ4n) is 1.66. The molecule has 0 aliphatic heterocycles. The second-order valence-electron chi connectivity index (χ2n) is 4.94. The van der Waals surface area contributed by atoms with Gasteiger partial charge in [0.25, 0.3) is 0 Å². The molecule has 0 aromatic rings. The summed E-state index contributed by atoms with van der Waals surface area (Å²) < 4.78 is 0. The summed E-state index contributed by atoms with van der Waals surface area (Å²) in [5, 5.41) is 9.62. The molecule has 1 aliphatic carbocycles. The normalized spacial score (nSPS) is 17.9. The van der Waals surface area contributed by atoms with Crippen LogP contribution in [0.15, 0.2) is 22.8 Å². The lowest BCUT2D eigenvalue weighted by Gasteiger charge is -2.20. The molecule has 1 rings (SSSR count). The first-order valence-electron chi connectivity index (χ1n) is 5.42. The summed E-state index contributed by atoms with van der Waals surface area (Å²) in [5.41, 5.74) is 0.736. The number of Topliss-reactive ketones (excluding diaryl/α,β-unsaturated/α-hetero) is 1. The molecular formula is C13H18O3. The van der Waals surface area contributed by atoms with E-state index in [4.69, 9.17) is 0 Å². The van der Waals surface area contributed by atoms with Gasteiger partial charge in [-0.3, -0.25) is 9.59 Å². The summed E-state index contributed by atoms with van der Waals surface area (Å²) >= 11 is 0. The van der Waals surface area contributed by atoms with E-state index in [-0.39, 0.29) is 11.6 Å². The first-order valence-corrected chi connectivity index (χ1v) is 5.42. The Bertz CT molecular complexity index is 392. The van der Waals surface area contributed by atoms with E-state index >= 15 is 0 Å². The Balaban J connectivity index is 2.89. The number of aliphatic hydroxyl groups is 1. The molecule has 3 nitrogen and oxygen atoms in total. The fourth-order valence-corrected chi connectivity index (χ4v) is 1.66. The van der Waals surface area contributed by atoms with Crippen LogP contribution in [0.2, 0.25) is 0 Å². The molecular weight excluding hydrogens is 204 g/mol. The van der Waals surface area contributed by atoms with E-state index in [9.17, 15) is 14.7 Å². The quantitative estimate of drug-likeness (QED) is 0.742. The SMILES string of the molecule is CC1=CC(=O)C(C)=C(CCC(C)(C)O)C1=O. The first-order chi connectivity index (χ1) is 7.22. The molecule has 0 saturated heterocycles. The summed E-state index contributed by atoms with van der Waals surface area (Å²) in [6.45, 7) is 6.71. The van der Waals surface area contributed by atoms with Crippen LogP contribution in [0.5, 0.6) is 0 Å². The maximum absolute atomic E-state index is 11.8. The zero-order chi connectivity index (χ0) is 12.5. The molecule has 0 fully saturated rings. The Morgan fingerprint density at radius 2 is 1.81 bits per heavy atom. The highest BCUT2D eigenvalue weighted by molar-refractivity contribution is 6.22. The molecule has 0 heterocycles. The van der Waals surface area contributed by atoms with Crippen LogP contribution in [0.4, 0.5) is 0 Å². The van der Waals surface area contributed by atoms with Crippen LogP contribution < -0.4 is 0 Å². The van der Waals surface area contributed by atoms with Gasteiger partial charge in [0.05, 0.1) is 5.60 Å². The molecule has 0 unspecified atom stereocenters. The van der Waals surface area contributed by atoms with E-state index < -0.39 is 5.60 Å². The van der Waals surface area contributed by atoms with E-state index in [0.717, 1.165) is 0 Å². The van der Waals surface area contributed by atoms with E-state index in [1.165, 1.54) is 6.08 Å². The van der Waals surface area contributed by atoms with Gasteiger partial charge >= 0.3 is 0 Å². The standard InChI is InChI=1S/C13H18O3/c1-8-7-11(14)9(2)10(12(8)15)5-6-13(3,4)16/h7,16H,5-6H2,1-4H3. The summed E-state index contributed by atoms with van der Waals surface area (Å²) in [4.78, 5) is 23.4. The second kappa shape index (κ2) is 4.34. The van der Waals surface area contributed by atoms with Crippen LogP contribution >= 0.6 is 0 Å². The highest BCUT2D eigenvalue weighted by atomic mass is 16.3. The number of rotatable bonds is 3. The molecule has 0 spiro atoms. The van der Waals surface area contributed by atoms with Gasteiger partial charge in [-0.2, -0.15) is 0 Å². The third kappa shape index (κ3) is 2.89. The summed E-state index contributed by atoms with van der Waals surface area (Å²) in [7, 11) is 0. The average Bonchev–Trinajstić information content (AvgIpc) is 2.13. The monoisotopic (exact) mass is 222 g/mol. The van der Waals surface area contributed by atoms with Crippen molar-refractivity contribution < 1.29 is 14.7 Å². The van der Waals surface area contributed by atoms with Crippen LogP contribution in [0.25, 0.3) is 0 Å². The third-order valence-corrected chi connectivity index (χ3v) is 2.79. The lowest BCUT2D eigenvalue weighted by Crippen LogP contribution is -2.22. The molecule has 0 aromatic heterocycles. The van der Waals surface area contributed by atoms with Crippen LogP contribution in [0, 0.1) is 0 Å². The number of ketones is 2. The van der Waals surface area contributed by atoms with Crippen molar-refractivity contribution >= 4 is 11.6 Å². The van der Waals surface area contributed by atoms with E-state index in [1.54, 1.807) is 27.7 Å². The zero-order valence-electron chi connectivity index (χ0n) is 10.3. The van der Waals surface area contributed by atoms with Crippen molar-refractivity contribution in [3.8, 4) is 0 Å². The van der Waals surface area contributed by atoms with Gasteiger partial charge in [0, 0.05) is 16.7 Å². The number of carbonyl (C=O) groups excluding carboxylic acids is 2. The van der Waals surface area contributed by atoms with Gasteiger partial charge in [-0.25, -0.2) is 0 Å². The van der Waals surface area contributed by atoms with Crippen molar-refractivity contribution in [1.29, 1.82) is 0 Å². The highest BCUT2D eigenvalue weighted by Crippen LogP contribution is 2.25. The van der Waals surface area contributed by atoms with Crippen molar-refractivity contribution in [2.45, 2.75) is 46.1 Å². The third-order valence-electron chi connectivity index (χ3n) is 2.79. The van der Waals surface area contributed by atoms with Gasteiger partial charge < -0.3 is 5.11 Å². The predicted octanol–water partition coefficient (Wildman–Crippen LogP) is 1.95. The number of carbonyl (C=O) groups is 2. The Labute approximate surface area is 95.9 Å². The smallest absolute Gasteiger partial charge is 0.185 e. The van der Waals surface area contributed by atoms with E-state index in [1.807, 2.05) is 0 Å². The molecule has 0 amide bonds. The molecule has 88 valence electrons. The van der Waals surface area contributed by atoms with Gasteiger partial charge in [0.1, 0.15) is 0 Å². The van der Waals surface area contributed by atoms with Crippen LogP contribution in [-0.2, 0) is 9.59 Å². The van der Waals surface area contributed by atoms with Crippen molar-refractivity contribution in [2.24, 2.45) is 0 Å². The molecule has 0 bridgehead atoms. The van der Waals surface area contributed by atoms with Gasteiger partial charge in [-0.15, -0.1) is 0 Å². The molecule has 0 atom stereocenters. The Morgan fingerprint density at radius 1 is 1.25 bits per heavy atom. The predicted molar refractivity (Wildman–Crippen MR) is 62.0 cm³/mol. The molecule has 3 heteroatoms. The van der Waals surface area contributed by atoms with E-state index in [2.05, 4.69) is 0 Å². The van der Waals surface area contributed by atoms with Crippen molar-refractivity contribution in [1.82, 2.24) is 0 Å². The summed E-state index contributed by atoms with van der Waals surface area (Å²) in [5.74, 6) is -0.163. The molecule has 1 aliphatic rings. The van der Waals surface area contributed by atoms with Gasteiger partial charge in [0.15, 0.2) is 11.6 Å². The summed E-state index contributed by atoms with van der Waals surface area (Å²) in [6, 6.07) is 0. The number of hydrogen-bond donors (Lipinski definition) is 1. The Morgan fingerprint density at radius 3 is 2.31 bits per heavy atom. The van der Waals surface area contributed by atoms with Gasteiger partial charge in [0.2, 0.25) is 0 Å². The molecule has 0 saturated carbocycles. The van der Waals surface area contributed by atoms with Crippen molar-refractivity contribution in [3.05, 3.63) is 22.8 Å². The van der Waals surface area contributed by atoms with Crippen LogP contribution in [0.3, 0.4) is 0 Å². The maximum Gasteiger partial charge on any atom is 0.185 e. The van der Waals surface area contributed by atoms with Crippen LogP contribution in [-0.4, -0.2) is 22.3 Å². The van der Waals surface area contributed by atoms with Gasteiger partial charge in [-0.05, 0) is 46.6 Å². The minimum atomic E-state index is -0.814. The van der Waals surface area contributed by atoms with Crippen LogP contribution in [0.1, 0.15) is 40.5 Å². The maximum atomic E-state index is 11.8. The average molecular weight is 222 g/mol. The Kier molecular flexibility index (Phi) is 3.48. The second-order valence-corrected chi connectivity index (χ2v) is 4.94. The largest absolute Gasteiger partial charge is 0.390 e. The minimum absolute atomic E-state index is 0.0682. The molecule has 0 radical (unpaired) electrons.